The molecule has 3 rings (SSSR count). The van der Waals surface area contributed by atoms with Crippen LogP contribution in [-0.2, 0) is 4.79 Å². The highest BCUT2D eigenvalue weighted by molar-refractivity contribution is 5.78. The normalized spacial score (nSPS) is 21.1. The summed E-state index contributed by atoms with van der Waals surface area (Å²) in [6, 6.07) is 1.82. The number of piperazine rings is 1. The van der Waals surface area contributed by atoms with Crippen LogP contribution in [0.5, 0.6) is 0 Å². The van der Waals surface area contributed by atoms with Crippen LogP contribution in [0, 0.1) is 5.92 Å². The third-order valence-electron chi connectivity index (χ3n) is 4.70. The molecule has 0 bridgehead atoms. The molecule has 2 aliphatic rings. The second kappa shape index (κ2) is 7.05. The SMILES string of the molecule is CC1CCN(CC(=O)N2CCN(c3ncccn3)CC2)CC1. The Morgan fingerprint density at radius 2 is 1.73 bits per heavy atom. The fraction of sp³-hybridized carbons (Fsp3) is 0.688. The van der Waals surface area contributed by atoms with Crippen molar-refractivity contribution in [1.82, 2.24) is 19.8 Å². The van der Waals surface area contributed by atoms with Gasteiger partial charge in [0.1, 0.15) is 0 Å². The molecule has 22 heavy (non-hydrogen) atoms. The first kappa shape index (κ1) is 15.2. The average molecular weight is 303 g/mol. The summed E-state index contributed by atoms with van der Waals surface area (Å²) in [5, 5.41) is 0. The largest absolute Gasteiger partial charge is 0.338 e. The van der Waals surface area contributed by atoms with Gasteiger partial charge in [0.15, 0.2) is 0 Å². The highest BCUT2D eigenvalue weighted by atomic mass is 16.2. The summed E-state index contributed by atoms with van der Waals surface area (Å²) in [5.41, 5.74) is 0. The summed E-state index contributed by atoms with van der Waals surface area (Å²) in [6.07, 6.45) is 5.95. The fourth-order valence-corrected chi connectivity index (χ4v) is 3.12. The van der Waals surface area contributed by atoms with Gasteiger partial charge in [-0.2, -0.15) is 0 Å². The van der Waals surface area contributed by atoms with Crippen molar-refractivity contribution < 1.29 is 4.79 Å². The highest BCUT2D eigenvalue weighted by Crippen LogP contribution is 2.16. The summed E-state index contributed by atoms with van der Waals surface area (Å²) in [4.78, 5) is 27.4. The molecule has 0 spiro atoms. The lowest BCUT2D eigenvalue weighted by Crippen LogP contribution is -2.52. The monoisotopic (exact) mass is 303 g/mol. The first-order chi connectivity index (χ1) is 10.7. The molecule has 0 unspecified atom stereocenters. The van der Waals surface area contributed by atoms with E-state index in [2.05, 4.69) is 26.7 Å². The Kier molecular flexibility index (Phi) is 4.87. The zero-order chi connectivity index (χ0) is 15.4. The highest BCUT2D eigenvalue weighted by Gasteiger charge is 2.25. The van der Waals surface area contributed by atoms with Crippen LogP contribution in [0.2, 0.25) is 0 Å². The minimum absolute atomic E-state index is 0.267. The van der Waals surface area contributed by atoms with Crippen LogP contribution in [0.25, 0.3) is 0 Å². The van der Waals surface area contributed by atoms with Crippen molar-refractivity contribution in [2.75, 3.05) is 50.7 Å². The van der Waals surface area contributed by atoms with Crippen LogP contribution in [0.3, 0.4) is 0 Å². The van der Waals surface area contributed by atoms with Gasteiger partial charge in [0, 0.05) is 38.6 Å². The van der Waals surface area contributed by atoms with Crippen LogP contribution < -0.4 is 4.90 Å². The second-order valence-electron chi connectivity index (χ2n) is 6.38. The van der Waals surface area contributed by atoms with Crippen molar-refractivity contribution >= 4 is 11.9 Å². The lowest BCUT2D eigenvalue weighted by Gasteiger charge is -2.36. The number of rotatable bonds is 3. The van der Waals surface area contributed by atoms with Gasteiger partial charge in [-0.1, -0.05) is 6.92 Å². The van der Waals surface area contributed by atoms with Gasteiger partial charge in [0.05, 0.1) is 6.54 Å². The Morgan fingerprint density at radius 3 is 2.36 bits per heavy atom. The van der Waals surface area contributed by atoms with Crippen molar-refractivity contribution in [3.8, 4) is 0 Å². The molecule has 2 aliphatic heterocycles. The number of aromatic nitrogens is 2. The average Bonchev–Trinajstić information content (AvgIpc) is 2.58. The molecule has 0 N–H and O–H groups in total. The van der Waals surface area contributed by atoms with Gasteiger partial charge in [0.2, 0.25) is 11.9 Å². The summed E-state index contributed by atoms with van der Waals surface area (Å²) in [6.45, 7) is 8.15. The van der Waals surface area contributed by atoms with Gasteiger partial charge in [-0.05, 0) is 37.9 Å². The van der Waals surface area contributed by atoms with E-state index in [1.54, 1.807) is 12.4 Å². The van der Waals surface area contributed by atoms with E-state index < -0.39 is 0 Å². The van der Waals surface area contributed by atoms with Crippen LogP contribution in [0.1, 0.15) is 19.8 Å². The second-order valence-corrected chi connectivity index (χ2v) is 6.38. The molecule has 120 valence electrons. The minimum Gasteiger partial charge on any atom is -0.338 e. The third-order valence-corrected chi connectivity index (χ3v) is 4.70. The van der Waals surface area contributed by atoms with E-state index in [9.17, 15) is 4.79 Å². The third kappa shape index (κ3) is 3.74. The molecule has 0 aliphatic carbocycles. The number of piperidine rings is 1. The van der Waals surface area contributed by atoms with E-state index in [1.807, 2.05) is 11.0 Å². The van der Waals surface area contributed by atoms with E-state index in [0.717, 1.165) is 51.1 Å². The number of hydrogen-bond donors (Lipinski definition) is 0. The Bertz CT molecular complexity index is 479. The summed E-state index contributed by atoms with van der Waals surface area (Å²) in [7, 11) is 0. The van der Waals surface area contributed by atoms with E-state index in [1.165, 1.54) is 12.8 Å². The van der Waals surface area contributed by atoms with E-state index in [0.29, 0.717) is 6.54 Å². The van der Waals surface area contributed by atoms with Gasteiger partial charge < -0.3 is 9.80 Å². The Morgan fingerprint density at radius 1 is 1.09 bits per heavy atom. The van der Waals surface area contributed by atoms with Crippen molar-refractivity contribution in [3.63, 3.8) is 0 Å². The van der Waals surface area contributed by atoms with Gasteiger partial charge in [-0.25, -0.2) is 9.97 Å². The molecule has 1 amide bonds. The molecule has 0 saturated carbocycles. The molecule has 0 radical (unpaired) electrons. The molecule has 1 aromatic rings. The first-order valence-corrected chi connectivity index (χ1v) is 8.24. The van der Waals surface area contributed by atoms with Gasteiger partial charge in [0.25, 0.3) is 0 Å². The molecular weight excluding hydrogens is 278 g/mol. The van der Waals surface area contributed by atoms with Crippen LogP contribution >= 0.6 is 0 Å². The molecule has 2 fully saturated rings. The number of hydrogen-bond acceptors (Lipinski definition) is 5. The van der Waals surface area contributed by atoms with Gasteiger partial charge in [-0.3, -0.25) is 9.69 Å². The zero-order valence-corrected chi connectivity index (χ0v) is 13.3. The molecule has 1 aromatic heterocycles. The molecule has 2 saturated heterocycles. The number of anilines is 1. The van der Waals surface area contributed by atoms with Crippen molar-refractivity contribution in [2.45, 2.75) is 19.8 Å². The Labute approximate surface area is 132 Å². The topological polar surface area (TPSA) is 52.6 Å². The lowest BCUT2D eigenvalue weighted by atomic mass is 9.99. The maximum Gasteiger partial charge on any atom is 0.236 e. The predicted molar refractivity (Wildman–Crippen MR) is 85.7 cm³/mol. The molecule has 6 nitrogen and oxygen atoms in total. The van der Waals surface area contributed by atoms with E-state index in [4.69, 9.17) is 0 Å². The van der Waals surface area contributed by atoms with Crippen molar-refractivity contribution in [2.24, 2.45) is 5.92 Å². The standard InChI is InChI=1S/C16H25N5O/c1-14-3-7-19(8-4-14)13-15(22)20-9-11-21(12-10-20)16-17-5-2-6-18-16/h2,5-6,14H,3-4,7-13H2,1H3. The Hall–Kier alpha value is -1.69. The minimum atomic E-state index is 0.267. The van der Waals surface area contributed by atoms with E-state index in [-0.39, 0.29) is 5.91 Å². The number of carbonyl (C=O) groups excluding carboxylic acids is 1. The van der Waals surface area contributed by atoms with Crippen molar-refractivity contribution in [1.29, 1.82) is 0 Å². The predicted octanol–water partition coefficient (Wildman–Crippen LogP) is 0.857. The number of likely N-dealkylation sites (tertiary alicyclic amines) is 1. The van der Waals surface area contributed by atoms with Crippen molar-refractivity contribution in [3.05, 3.63) is 18.5 Å². The Balaban J connectivity index is 1.46. The lowest BCUT2D eigenvalue weighted by molar-refractivity contribution is -0.133. The smallest absolute Gasteiger partial charge is 0.236 e. The quantitative estimate of drug-likeness (QED) is 0.829. The molecule has 6 heteroatoms. The molecule has 3 heterocycles. The number of carbonyl (C=O) groups is 1. The molecule has 0 aromatic carbocycles. The van der Waals surface area contributed by atoms with Crippen LogP contribution in [0.4, 0.5) is 5.95 Å². The fourth-order valence-electron chi connectivity index (χ4n) is 3.12. The maximum atomic E-state index is 12.4. The summed E-state index contributed by atoms with van der Waals surface area (Å²) < 4.78 is 0. The molecular formula is C16H25N5O. The summed E-state index contributed by atoms with van der Waals surface area (Å²) >= 11 is 0. The van der Waals surface area contributed by atoms with Gasteiger partial charge in [-0.15, -0.1) is 0 Å². The van der Waals surface area contributed by atoms with Crippen LogP contribution in [0.15, 0.2) is 18.5 Å². The zero-order valence-electron chi connectivity index (χ0n) is 13.3. The number of nitrogens with zero attached hydrogens (tertiary/aromatic N) is 5. The molecule has 0 atom stereocenters. The van der Waals surface area contributed by atoms with Crippen LogP contribution in [-0.4, -0.2) is 71.5 Å². The van der Waals surface area contributed by atoms with Gasteiger partial charge >= 0.3 is 0 Å². The van der Waals surface area contributed by atoms with E-state index >= 15 is 0 Å². The first-order valence-electron chi connectivity index (χ1n) is 8.24. The maximum absolute atomic E-state index is 12.4. The summed E-state index contributed by atoms with van der Waals surface area (Å²) in [5.74, 6) is 1.84. The number of amides is 1.